The summed E-state index contributed by atoms with van der Waals surface area (Å²) in [5.74, 6) is 1.17. The molecule has 1 heterocycles. The van der Waals surface area contributed by atoms with Crippen LogP contribution in [0.15, 0.2) is 36.4 Å². The van der Waals surface area contributed by atoms with Crippen LogP contribution in [0.4, 0.5) is 18.9 Å². The van der Waals surface area contributed by atoms with Gasteiger partial charge in [-0.3, -0.25) is 0 Å². The molecule has 1 aliphatic rings. The quantitative estimate of drug-likeness (QED) is 0.856. The van der Waals surface area contributed by atoms with Gasteiger partial charge < -0.3 is 19.9 Å². The molecule has 0 spiro atoms. The first-order valence-electron chi connectivity index (χ1n) is 6.48. The third kappa shape index (κ3) is 2.88. The molecule has 0 fully saturated rings. The molecule has 0 saturated heterocycles. The van der Waals surface area contributed by atoms with Gasteiger partial charge in [-0.2, -0.15) is 13.2 Å². The Labute approximate surface area is 124 Å². The number of nitrogen functional groups attached to an aromatic ring is 1. The molecule has 7 heteroatoms. The molecule has 2 aromatic rings. The molecule has 0 unspecified atom stereocenters. The second-order valence-corrected chi connectivity index (χ2v) is 4.66. The maximum absolute atomic E-state index is 12.7. The van der Waals surface area contributed by atoms with Crippen LogP contribution < -0.4 is 19.9 Å². The molecule has 0 atom stereocenters. The SMILES string of the molecule is Nc1cc(Oc2cccc(C(F)(F)F)c2)cc2c1OCCO2. The zero-order valence-electron chi connectivity index (χ0n) is 11.3. The van der Waals surface area contributed by atoms with Gasteiger partial charge in [-0.25, -0.2) is 0 Å². The second kappa shape index (κ2) is 5.32. The van der Waals surface area contributed by atoms with Gasteiger partial charge in [-0.1, -0.05) is 6.07 Å². The van der Waals surface area contributed by atoms with E-state index in [0.29, 0.717) is 30.4 Å². The van der Waals surface area contributed by atoms with E-state index in [2.05, 4.69) is 0 Å². The minimum atomic E-state index is -4.43. The van der Waals surface area contributed by atoms with Crippen LogP contribution in [0.3, 0.4) is 0 Å². The summed E-state index contributed by atoms with van der Waals surface area (Å²) >= 11 is 0. The normalized spacial score (nSPS) is 13.8. The number of halogens is 3. The molecule has 0 bridgehead atoms. The standard InChI is InChI=1S/C15H12F3NO3/c16-15(17,18)9-2-1-3-10(6-9)22-11-7-12(19)14-13(8-11)20-4-5-21-14/h1-3,6-8H,4-5,19H2. The van der Waals surface area contributed by atoms with E-state index in [0.717, 1.165) is 12.1 Å². The Hall–Kier alpha value is -2.57. The highest BCUT2D eigenvalue weighted by Gasteiger charge is 2.30. The maximum Gasteiger partial charge on any atom is 0.416 e. The van der Waals surface area contributed by atoms with Crippen molar-refractivity contribution in [1.29, 1.82) is 0 Å². The lowest BCUT2D eigenvalue weighted by Gasteiger charge is -2.20. The molecule has 0 aliphatic carbocycles. The molecule has 0 radical (unpaired) electrons. The maximum atomic E-state index is 12.7. The average molecular weight is 311 g/mol. The molecular weight excluding hydrogens is 299 g/mol. The van der Waals surface area contributed by atoms with Crippen LogP contribution >= 0.6 is 0 Å². The Kier molecular flexibility index (Phi) is 3.48. The highest BCUT2D eigenvalue weighted by atomic mass is 19.4. The largest absolute Gasteiger partial charge is 0.486 e. The summed E-state index contributed by atoms with van der Waals surface area (Å²) in [5.41, 5.74) is 5.35. The Morgan fingerprint density at radius 1 is 1.00 bits per heavy atom. The van der Waals surface area contributed by atoms with Gasteiger partial charge in [0.25, 0.3) is 0 Å². The fourth-order valence-corrected chi connectivity index (χ4v) is 2.09. The fourth-order valence-electron chi connectivity index (χ4n) is 2.09. The van der Waals surface area contributed by atoms with Crippen LogP contribution in [-0.4, -0.2) is 13.2 Å². The van der Waals surface area contributed by atoms with Crippen molar-refractivity contribution in [3.63, 3.8) is 0 Å². The van der Waals surface area contributed by atoms with Gasteiger partial charge >= 0.3 is 6.18 Å². The van der Waals surface area contributed by atoms with Crippen LogP contribution in [0, 0.1) is 0 Å². The number of rotatable bonds is 2. The zero-order valence-corrected chi connectivity index (χ0v) is 11.3. The molecule has 0 aromatic heterocycles. The van der Waals surface area contributed by atoms with Gasteiger partial charge in [0.2, 0.25) is 0 Å². The Morgan fingerprint density at radius 3 is 2.55 bits per heavy atom. The summed E-state index contributed by atoms with van der Waals surface area (Å²) in [5, 5.41) is 0. The Bertz CT molecular complexity index is 701. The number of ether oxygens (including phenoxy) is 3. The molecule has 2 N–H and O–H groups in total. The van der Waals surface area contributed by atoms with Crippen LogP contribution in [0.25, 0.3) is 0 Å². The van der Waals surface area contributed by atoms with E-state index in [1.54, 1.807) is 0 Å². The van der Waals surface area contributed by atoms with E-state index in [4.69, 9.17) is 19.9 Å². The van der Waals surface area contributed by atoms with E-state index >= 15 is 0 Å². The third-order valence-corrected chi connectivity index (χ3v) is 3.04. The smallest absolute Gasteiger partial charge is 0.416 e. The van der Waals surface area contributed by atoms with Crippen molar-refractivity contribution >= 4 is 5.69 Å². The Balaban J connectivity index is 1.89. The van der Waals surface area contributed by atoms with E-state index in [-0.39, 0.29) is 11.5 Å². The number of hydrogen-bond acceptors (Lipinski definition) is 4. The number of hydrogen-bond donors (Lipinski definition) is 1. The Morgan fingerprint density at radius 2 is 1.77 bits per heavy atom. The predicted molar refractivity (Wildman–Crippen MR) is 73.4 cm³/mol. The molecule has 2 aromatic carbocycles. The van der Waals surface area contributed by atoms with Gasteiger partial charge in [0.05, 0.1) is 11.3 Å². The van der Waals surface area contributed by atoms with Crippen molar-refractivity contribution in [2.24, 2.45) is 0 Å². The fraction of sp³-hybridized carbons (Fsp3) is 0.200. The number of fused-ring (bicyclic) bond motifs is 1. The number of anilines is 1. The monoisotopic (exact) mass is 311 g/mol. The van der Waals surface area contributed by atoms with Crippen molar-refractivity contribution in [2.45, 2.75) is 6.18 Å². The van der Waals surface area contributed by atoms with E-state index < -0.39 is 11.7 Å². The molecule has 0 amide bonds. The highest BCUT2D eigenvalue weighted by Crippen LogP contribution is 2.41. The summed E-state index contributed by atoms with van der Waals surface area (Å²) < 4.78 is 54.3. The van der Waals surface area contributed by atoms with Crippen molar-refractivity contribution < 1.29 is 27.4 Å². The van der Waals surface area contributed by atoms with Gasteiger partial charge in [-0.15, -0.1) is 0 Å². The lowest BCUT2D eigenvalue weighted by molar-refractivity contribution is -0.137. The van der Waals surface area contributed by atoms with Gasteiger partial charge in [0, 0.05) is 12.1 Å². The highest BCUT2D eigenvalue weighted by molar-refractivity contribution is 5.64. The molecule has 22 heavy (non-hydrogen) atoms. The van der Waals surface area contributed by atoms with Crippen molar-refractivity contribution in [2.75, 3.05) is 18.9 Å². The van der Waals surface area contributed by atoms with E-state index in [1.807, 2.05) is 0 Å². The molecule has 1 aliphatic heterocycles. The van der Waals surface area contributed by atoms with E-state index in [9.17, 15) is 13.2 Å². The lowest BCUT2D eigenvalue weighted by atomic mass is 10.2. The minimum absolute atomic E-state index is 0.0610. The zero-order chi connectivity index (χ0) is 15.7. The average Bonchev–Trinajstić information content (AvgIpc) is 2.47. The lowest BCUT2D eigenvalue weighted by Crippen LogP contribution is -2.16. The summed E-state index contributed by atoms with van der Waals surface area (Å²) in [6.07, 6.45) is -4.43. The van der Waals surface area contributed by atoms with Gasteiger partial charge in [-0.05, 0) is 18.2 Å². The van der Waals surface area contributed by atoms with Crippen molar-refractivity contribution in [3.8, 4) is 23.0 Å². The first-order valence-corrected chi connectivity index (χ1v) is 6.48. The van der Waals surface area contributed by atoms with Crippen molar-refractivity contribution in [3.05, 3.63) is 42.0 Å². The summed E-state index contributed by atoms with van der Waals surface area (Å²) in [6.45, 7) is 0.768. The van der Waals surface area contributed by atoms with E-state index in [1.165, 1.54) is 24.3 Å². The van der Waals surface area contributed by atoms with Gasteiger partial charge in [0.1, 0.15) is 24.7 Å². The van der Waals surface area contributed by atoms with Crippen LogP contribution in [-0.2, 0) is 6.18 Å². The molecular formula is C15H12F3NO3. The predicted octanol–water partition coefficient (Wildman–Crippen LogP) is 3.85. The number of nitrogens with two attached hydrogens (primary N) is 1. The van der Waals surface area contributed by atoms with Crippen LogP contribution in [0.1, 0.15) is 5.56 Å². The number of benzene rings is 2. The summed E-state index contributed by atoms with van der Waals surface area (Å²) in [4.78, 5) is 0. The molecule has 4 nitrogen and oxygen atoms in total. The van der Waals surface area contributed by atoms with Gasteiger partial charge in [0.15, 0.2) is 11.5 Å². The van der Waals surface area contributed by atoms with Crippen LogP contribution in [0.2, 0.25) is 0 Å². The number of alkyl halides is 3. The minimum Gasteiger partial charge on any atom is -0.486 e. The second-order valence-electron chi connectivity index (χ2n) is 4.66. The molecule has 116 valence electrons. The van der Waals surface area contributed by atoms with Crippen LogP contribution in [0.5, 0.6) is 23.0 Å². The third-order valence-electron chi connectivity index (χ3n) is 3.04. The molecule has 0 saturated carbocycles. The summed E-state index contributed by atoms with van der Waals surface area (Å²) in [6, 6.07) is 7.62. The topological polar surface area (TPSA) is 53.7 Å². The van der Waals surface area contributed by atoms with Crippen molar-refractivity contribution in [1.82, 2.24) is 0 Å². The molecule has 3 rings (SSSR count). The first kappa shape index (κ1) is 14.4. The first-order chi connectivity index (χ1) is 10.4. The summed E-state index contributed by atoms with van der Waals surface area (Å²) in [7, 11) is 0.